The first kappa shape index (κ1) is 21.0. The third-order valence-corrected chi connectivity index (χ3v) is 4.76. The van der Waals surface area contributed by atoms with Crippen molar-refractivity contribution in [3.8, 4) is 5.75 Å². The molecule has 4 aromatic rings. The Morgan fingerprint density at radius 3 is 2.06 bits per heavy atom. The number of carbonyl (C=O) groups is 2. The van der Waals surface area contributed by atoms with Gasteiger partial charge in [-0.05, 0) is 59.3 Å². The molecule has 0 unspecified atom stereocenters. The summed E-state index contributed by atoms with van der Waals surface area (Å²) in [5.41, 5.74) is 1.45. The fourth-order valence-corrected chi connectivity index (χ4v) is 3.23. The SMILES string of the molecule is O=C(Nc1ccc2ccccc2c1)c1ccc(NC(=O)c2ccccc2OC(F)F)cc1. The van der Waals surface area contributed by atoms with Crippen molar-refractivity contribution in [2.45, 2.75) is 6.61 Å². The molecule has 7 heteroatoms. The number of fused-ring (bicyclic) bond motifs is 1. The molecule has 2 N–H and O–H groups in total. The lowest BCUT2D eigenvalue weighted by atomic mass is 10.1. The van der Waals surface area contributed by atoms with Gasteiger partial charge in [-0.1, -0.05) is 42.5 Å². The lowest BCUT2D eigenvalue weighted by Gasteiger charge is -2.11. The van der Waals surface area contributed by atoms with Gasteiger partial charge in [0.15, 0.2) is 0 Å². The molecule has 0 aromatic heterocycles. The molecule has 0 heterocycles. The molecule has 0 saturated carbocycles. The van der Waals surface area contributed by atoms with Crippen molar-refractivity contribution in [1.82, 2.24) is 0 Å². The van der Waals surface area contributed by atoms with Crippen LogP contribution >= 0.6 is 0 Å². The van der Waals surface area contributed by atoms with E-state index in [1.165, 1.54) is 18.2 Å². The Kier molecular flexibility index (Phi) is 6.07. The number of halogens is 2. The van der Waals surface area contributed by atoms with Crippen LogP contribution in [0.1, 0.15) is 20.7 Å². The molecule has 4 rings (SSSR count). The van der Waals surface area contributed by atoms with Crippen molar-refractivity contribution >= 4 is 34.0 Å². The second-order valence-electron chi connectivity index (χ2n) is 6.92. The lowest BCUT2D eigenvalue weighted by Crippen LogP contribution is -2.15. The van der Waals surface area contributed by atoms with Crippen LogP contribution in [0.25, 0.3) is 10.8 Å². The van der Waals surface area contributed by atoms with Crippen molar-refractivity contribution in [3.63, 3.8) is 0 Å². The highest BCUT2D eigenvalue weighted by Crippen LogP contribution is 2.23. The van der Waals surface area contributed by atoms with E-state index in [1.807, 2.05) is 42.5 Å². The second kappa shape index (κ2) is 9.26. The molecule has 0 aliphatic carbocycles. The number of amides is 2. The van der Waals surface area contributed by atoms with Crippen LogP contribution in [-0.2, 0) is 0 Å². The quantitative estimate of drug-likeness (QED) is 0.396. The van der Waals surface area contributed by atoms with Gasteiger partial charge in [0.1, 0.15) is 5.75 Å². The Bertz CT molecular complexity index is 1270. The first-order chi connectivity index (χ1) is 15.5. The van der Waals surface area contributed by atoms with E-state index in [-0.39, 0.29) is 17.2 Å². The van der Waals surface area contributed by atoms with Crippen LogP contribution in [0, 0.1) is 0 Å². The number of rotatable bonds is 6. The molecule has 160 valence electrons. The summed E-state index contributed by atoms with van der Waals surface area (Å²) >= 11 is 0. The highest BCUT2D eigenvalue weighted by molar-refractivity contribution is 6.07. The highest BCUT2D eigenvalue weighted by atomic mass is 19.3. The fourth-order valence-electron chi connectivity index (χ4n) is 3.23. The van der Waals surface area contributed by atoms with Crippen LogP contribution in [0.5, 0.6) is 5.75 Å². The monoisotopic (exact) mass is 432 g/mol. The van der Waals surface area contributed by atoms with Crippen molar-refractivity contribution in [2.24, 2.45) is 0 Å². The molecule has 0 radical (unpaired) electrons. The van der Waals surface area contributed by atoms with Gasteiger partial charge in [0.25, 0.3) is 11.8 Å². The maximum absolute atomic E-state index is 12.6. The van der Waals surface area contributed by atoms with E-state index in [2.05, 4.69) is 15.4 Å². The van der Waals surface area contributed by atoms with Crippen LogP contribution in [0.4, 0.5) is 20.2 Å². The van der Waals surface area contributed by atoms with E-state index < -0.39 is 12.5 Å². The molecule has 4 aromatic carbocycles. The summed E-state index contributed by atoms with van der Waals surface area (Å²) in [6.45, 7) is -3.04. The molecular weight excluding hydrogens is 414 g/mol. The standard InChI is InChI=1S/C25H18F2N2O3/c26-25(27)32-22-8-4-3-7-21(22)24(31)28-19-12-10-17(11-13-19)23(30)29-20-14-9-16-5-1-2-6-18(16)15-20/h1-15,25H,(H,28,31)(H,29,30). The molecule has 32 heavy (non-hydrogen) atoms. The van der Waals surface area contributed by atoms with Gasteiger partial charge >= 0.3 is 6.61 Å². The van der Waals surface area contributed by atoms with Gasteiger partial charge < -0.3 is 15.4 Å². The largest absolute Gasteiger partial charge is 0.434 e. The van der Waals surface area contributed by atoms with Crippen molar-refractivity contribution < 1.29 is 23.1 Å². The maximum Gasteiger partial charge on any atom is 0.387 e. The first-order valence-corrected chi connectivity index (χ1v) is 9.75. The Labute approximate surface area is 182 Å². The molecule has 0 bridgehead atoms. The molecule has 2 amide bonds. The predicted molar refractivity (Wildman–Crippen MR) is 119 cm³/mol. The topological polar surface area (TPSA) is 67.4 Å². The van der Waals surface area contributed by atoms with Crippen LogP contribution in [0.15, 0.2) is 91.0 Å². The number of para-hydroxylation sites is 1. The average molecular weight is 432 g/mol. The number of alkyl halides is 2. The van der Waals surface area contributed by atoms with Gasteiger partial charge in [0.05, 0.1) is 5.56 Å². The number of benzene rings is 4. The van der Waals surface area contributed by atoms with E-state index in [0.29, 0.717) is 16.9 Å². The molecule has 0 atom stereocenters. The number of anilines is 2. The minimum atomic E-state index is -3.04. The Morgan fingerprint density at radius 2 is 1.31 bits per heavy atom. The summed E-state index contributed by atoms with van der Waals surface area (Å²) in [7, 11) is 0. The Balaban J connectivity index is 1.43. The zero-order chi connectivity index (χ0) is 22.5. The molecule has 0 saturated heterocycles. The number of hydrogen-bond donors (Lipinski definition) is 2. The number of nitrogens with one attached hydrogen (secondary N) is 2. The van der Waals surface area contributed by atoms with Gasteiger partial charge in [-0.2, -0.15) is 8.78 Å². The second-order valence-corrected chi connectivity index (χ2v) is 6.92. The van der Waals surface area contributed by atoms with E-state index in [1.54, 1.807) is 30.3 Å². The summed E-state index contributed by atoms with van der Waals surface area (Å²) in [6, 6.07) is 25.5. The zero-order valence-electron chi connectivity index (χ0n) is 16.7. The van der Waals surface area contributed by atoms with Gasteiger partial charge in [-0.25, -0.2) is 0 Å². The number of ether oxygens (including phenoxy) is 1. The Hall–Kier alpha value is -4.26. The first-order valence-electron chi connectivity index (χ1n) is 9.75. The van der Waals surface area contributed by atoms with E-state index in [4.69, 9.17) is 0 Å². The number of hydrogen-bond acceptors (Lipinski definition) is 3. The van der Waals surface area contributed by atoms with E-state index >= 15 is 0 Å². The molecule has 0 fully saturated rings. The third kappa shape index (κ3) is 4.89. The summed E-state index contributed by atoms with van der Waals surface area (Å²) in [5, 5.41) is 7.55. The van der Waals surface area contributed by atoms with Crippen LogP contribution < -0.4 is 15.4 Å². The fraction of sp³-hybridized carbons (Fsp3) is 0.0400. The molecular formula is C25H18F2N2O3. The molecule has 0 aliphatic heterocycles. The number of carbonyl (C=O) groups excluding carboxylic acids is 2. The summed E-state index contributed by atoms with van der Waals surface area (Å²) in [5.74, 6) is -1.12. The van der Waals surface area contributed by atoms with Crippen molar-refractivity contribution in [2.75, 3.05) is 10.6 Å². The van der Waals surface area contributed by atoms with Gasteiger partial charge in [-0.15, -0.1) is 0 Å². The van der Waals surface area contributed by atoms with Gasteiger partial charge in [0.2, 0.25) is 0 Å². The minimum Gasteiger partial charge on any atom is -0.434 e. The Morgan fingerprint density at radius 1 is 0.688 bits per heavy atom. The highest BCUT2D eigenvalue weighted by Gasteiger charge is 2.16. The summed E-state index contributed by atoms with van der Waals surface area (Å²) in [4.78, 5) is 25.0. The average Bonchev–Trinajstić information content (AvgIpc) is 2.79. The van der Waals surface area contributed by atoms with Gasteiger partial charge in [0, 0.05) is 16.9 Å². The zero-order valence-corrected chi connectivity index (χ0v) is 16.7. The smallest absolute Gasteiger partial charge is 0.387 e. The van der Waals surface area contributed by atoms with Crippen LogP contribution in [0.3, 0.4) is 0 Å². The minimum absolute atomic E-state index is 0.0223. The van der Waals surface area contributed by atoms with E-state index in [0.717, 1.165) is 10.8 Å². The van der Waals surface area contributed by atoms with Gasteiger partial charge in [-0.3, -0.25) is 9.59 Å². The predicted octanol–water partition coefficient (Wildman–Crippen LogP) is 5.95. The van der Waals surface area contributed by atoms with Crippen molar-refractivity contribution in [3.05, 3.63) is 102 Å². The lowest BCUT2D eigenvalue weighted by molar-refractivity contribution is -0.0501. The van der Waals surface area contributed by atoms with Crippen molar-refractivity contribution in [1.29, 1.82) is 0 Å². The summed E-state index contributed by atoms with van der Waals surface area (Å²) in [6.07, 6.45) is 0. The maximum atomic E-state index is 12.6. The molecule has 5 nitrogen and oxygen atoms in total. The summed E-state index contributed by atoms with van der Waals surface area (Å²) < 4.78 is 29.5. The normalized spacial score (nSPS) is 10.7. The third-order valence-electron chi connectivity index (χ3n) is 4.76. The molecule has 0 aliphatic rings. The van der Waals surface area contributed by atoms with E-state index in [9.17, 15) is 18.4 Å². The van der Waals surface area contributed by atoms with Crippen LogP contribution in [0.2, 0.25) is 0 Å². The van der Waals surface area contributed by atoms with Crippen LogP contribution in [-0.4, -0.2) is 18.4 Å². The molecule has 0 spiro atoms.